The minimum Gasteiger partial charge on any atom is -0.300 e. The summed E-state index contributed by atoms with van der Waals surface area (Å²) in [7, 11) is 0. The van der Waals surface area contributed by atoms with E-state index in [1.54, 1.807) is 0 Å². The molecule has 0 fully saturated rings. The maximum absolute atomic E-state index is 11.3. The molecular formula is C12H13FO3. The third kappa shape index (κ3) is 4.68. The van der Waals surface area contributed by atoms with Crippen molar-refractivity contribution in [3.05, 3.63) is 35.9 Å². The van der Waals surface area contributed by atoms with Crippen LogP contribution in [0.5, 0.6) is 0 Å². The molecule has 0 saturated carbocycles. The molecule has 0 saturated heterocycles. The van der Waals surface area contributed by atoms with Gasteiger partial charge in [0.15, 0.2) is 0 Å². The molecule has 0 radical (unpaired) electrons. The summed E-state index contributed by atoms with van der Waals surface area (Å²) in [6, 6.07) is 9.58. The van der Waals surface area contributed by atoms with Crippen molar-refractivity contribution in [1.29, 1.82) is 0 Å². The van der Waals surface area contributed by atoms with Gasteiger partial charge in [-0.15, -0.1) is 0 Å². The Kier molecular flexibility index (Phi) is 5.19. The summed E-state index contributed by atoms with van der Waals surface area (Å²) in [4.78, 5) is 24.7. The fourth-order valence-electron chi connectivity index (χ4n) is 1.33. The molecule has 0 aliphatic rings. The first-order valence-corrected chi connectivity index (χ1v) is 5.09. The zero-order chi connectivity index (χ0) is 11.8. The van der Waals surface area contributed by atoms with Crippen LogP contribution in [-0.2, 0) is 21.0 Å². The maximum atomic E-state index is 11.3. The van der Waals surface area contributed by atoms with Gasteiger partial charge in [0.2, 0.25) is 0 Å². The number of hydrogen-bond acceptors (Lipinski definition) is 3. The van der Waals surface area contributed by atoms with Crippen molar-refractivity contribution in [1.82, 2.24) is 0 Å². The lowest BCUT2D eigenvalue weighted by Gasteiger charge is -2.00. The van der Waals surface area contributed by atoms with Crippen LogP contribution in [0.4, 0.5) is 4.53 Å². The Morgan fingerprint density at radius 3 is 2.38 bits per heavy atom. The second kappa shape index (κ2) is 6.71. The molecule has 0 unspecified atom stereocenters. The SMILES string of the molecule is O=C(CCC(=O)OF)CCc1ccccc1. The second-order valence-electron chi connectivity index (χ2n) is 3.47. The van der Waals surface area contributed by atoms with Crippen LogP contribution < -0.4 is 0 Å². The summed E-state index contributed by atoms with van der Waals surface area (Å²) in [5.41, 5.74) is 1.07. The molecule has 0 spiro atoms. The predicted octanol–water partition coefficient (Wildman–Crippen LogP) is 2.40. The Bertz CT molecular complexity index is 349. The molecule has 1 aromatic rings. The van der Waals surface area contributed by atoms with E-state index in [-0.39, 0.29) is 18.6 Å². The van der Waals surface area contributed by atoms with Gasteiger partial charge in [0.25, 0.3) is 0 Å². The van der Waals surface area contributed by atoms with Crippen LogP contribution in [0.25, 0.3) is 0 Å². The number of hydrogen-bond donors (Lipinski definition) is 0. The van der Waals surface area contributed by atoms with Crippen molar-refractivity contribution in [2.45, 2.75) is 25.7 Å². The molecule has 86 valence electrons. The van der Waals surface area contributed by atoms with Gasteiger partial charge in [0.1, 0.15) is 5.78 Å². The number of carbonyl (C=O) groups excluding carboxylic acids is 2. The van der Waals surface area contributed by atoms with Gasteiger partial charge in [-0.05, 0) is 12.0 Å². The third-order valence-corrected chi connectivity index (χ3v) is 2.23. The first kappa shape index (κ1) is 12.4. The molecule has 0 heterocycles. The molecule has 4 heteroatoms. The summed E-state index contributed by atoms with van der Waals surface area (Å²) >= 11 is 0. The zero-order valence-electron chi connectivity index (χ0n) is 8.82. The number of aryl methyl sites for hydroxylation is 1. The van der Waals surface area contributed by atoms with Gasteiger partial charge in [-0.3, -0.25) is 9.74 Å². The Labute approximate surface area is 93.1 Å². The van der Waals surface area contributed by atoms with Gasteiger partial charge in [-0.1, -0.05) is 30.3 Å². The molecule has 0 N–H and O–H groups in total. The van der Waals surface area contributed by atoms with Crippen LogP contribution in [0.1, 0.15) is 24.8 Å². The highest BCUT2D eigenvalue weighted by Crippen LogP contribution is 2.05. The first-order valence-electron chi connectivity index (χ1n) is 5.09. The average molecular weight is 224 g/mol. The maximum Gasteiger partial charge on any atom is 0.349 e. The van der Waals surface area contributed by atoms with Crippen LogP contribution >= 0.6 is 0 Å². The number of carbonyl (C=O) groups is 2. The van der Waals surface area contributed by atoms with Crippen molar-refractivity contribution in [2.24, 2.45) is 0 Å². The molecular weight excluding hydrogens is 211 g/mol. The van der Waals surface area contributed by atoms with Crippen molar-refractivity contribution in [3.8, 4) is 0 Å². The summed E-state index contributed by atoms with van der Waals surface area (Å²) in [5.74, 6) is -1.05. The largest absolute Gasteiger partial charge is 0.349 e. The molecule has 0 aliphatic carbocycles. The van der Waals surface area contributed by atoms with E-state index in [0.717, 1.165) is 5.56 Å². The average Bonchev–Trinajstić information content (AvgIpc) is 2.34. The molecule has 0 amide bonds. The lowest BCUT2D eigenvalue weighted by Crippen LogP contribution is -2.05. The minimum absolute atomic E-state index is 0.0373. The first-order chi connectivity index (χ1) is 7.72. The van der Waals surface area contributed by atoms with E-state index in [0.29, 0.717) is 12.8 Å². The topological polar surface area (TPSA) is 43.4 Å². The van der Waals surface area contributed by atoms with Crippen molar-refractivity contribution in [3.63, 3.8) is 0 Å². The Hall–Kier alpha value is -1.71. The summed E-state index contributed by atoms with van der Waals surface area (Å²) in [6.45, 7) is 0. The number of halogens is 1. The van der Waals surface area contributed by atoms with E-state index >= 15 is 0 Å². The molecule has 0 aromatic heterocycles. The number of rotatable bonds is 6. The van der Waals surface area contributed by atoms with Crippen LogP contribution in [0.3, 0.4) is 0 Å². The summed E-state index contributed by atoms with van der Waals surface area (Å²) in [5, 5.41) is 0. The van der Waals surface area contributed by atoms with E-state index < -0.39 is 5.97 Å². The highest BCUT2D eigenvalue weighted by atomic mass is 19.3. The summed E-state index contributed by atoms with van der Waals surface area (Å²) < 4.78 is 11.3. The molecule has 0 atom stereocenters. The van der Waals surface area contributed by atoms with Crippen molar-refractivity contribution < 1.29 is 19.1 Å². The predicted molar refractivity (Wildman–Crippen MR) is 56.2 cm³/mol. The normalized spacial score (nSPS) is 9.81. The quantitative estimate of drug-likeness (QED) is 0.745. The van der Waals surface area contributed by atoms with E-state index in [1.165, 1.54) is 0 Å². The fourth-order valence-corrected chi connectivity index (χ4v) is 1.33. The molecule has 1 rings (SSSR count). The van der Waals surface area contributed by atoms with Crippen LogP contribution in [0.2, 0.25) is 0 Å². The van der Waals surface area contributed by atoms with E-state index in [1.807, 2.05) is 30.3 Å². The van der Waals surface area contributed by atoms with Gasteiger partial charge in [-0.25, -0.2) is 4.79 Å². The standard InChI is InChI=1S/C12H13FO3/c13-16-12(15)9-8-11(14)7-6-10-4-2-1-3-5-10/h1-5H,6-9H2. The van der Waals surface area contributed by atoms with E-state index in [9.17, 15) is 14.1 Å². The molecule has 3 nitrogen and oxygen atoms in total. The lowest BCUT2D eigenvalue weighted by molar-refractivity contribution is -0.183. The molecule has 16 heavy (non-hydrogen) atoms. The fraction of sp³-hybridized carbons (Fsp3) is 0.333. The van der Waals surface area contributed by atoms with Gasteiger partial charge in [0.05, 0.1) is 6.42 Å². The number of ketones is 1. The highest BCUT2D eigenvalue weighted by molar-refractivity contribution is 5.82. The molecule has 0 aliphatic heterocycles. The highest BCUT2D eigenvalue weighted by Gasteiger charge is 2.08. The monoisotopic (exact) mass is 224 g/mol. The number of benzene rings is 1. The molecule has 0 bridgehead atoms. The number of Topliss-reactive ketones (excluding diaryl/α,β-unsaturated/α-hetero) is 1. The second-order valence-corrected chi connectivity index (χ2v) is 3.47. The summed E-state index contributed by atoms with van der Waals surface area (Å²) in [6.07, 6.45) is 0.855. The lowest BCUT2D eigenvalue weighted by atomic mass is 10.1. The Balaban J connectivity index is 2.23. The van der Waals surface area contributed by atoms with Crippen molar-refractivity contribution in [2.75, 3.05) is 0 Å². The zero-order valence-corrected chi connectivity index (χ0v) is 8.82. The van der Waals surface area contributed by atoms with E-state index in [4.69, 9.17) is 0 Å². The van der Waals surface area contributed by atoms with Crippen LogP contribution in [0, 0.1) is 0 Å². The minimum atomic E-state index is -0.993. The Morgan fingerprint density at radius 2 is 1.75 bits per heavy atom. The Morgan fingerprint density at radius 1 is 1.06 bits per heavy atom. The van der Waals surface area contributed by atoms with Gasteiger partial charge >= 0.3 is 5.97 Å². The van der Waals surface area contributed by atoms with Gasteiger partial charge in [-0.2, -0.15) is 0 Å². The van der Waals surface area contributed by atoms with Crippen molar-refractivity contribution >= 4 is 11.8 Å². The van der Waals surface area contributed by atoms with Gasteiger partial charge < -0.3 is 0 Å². The van der Waals surface area contributed by atoms with Crippen LogP contribution in [0.15, 0.2) is 30.3 Å². The third-order valence-electron chi connectivity index (χ3n) is 2.23. The molecule has 1 aromatic carbocycles. The smallest absolute Gasteiger partial charge is 0.300 e. The van der Waals surface area contributed by atoms with Crippen LogP contribution in [-0.4, -0.2) is 11.8 Å². The van der Waals surface area contributed by atoms with E-state index in [2.05, 4.69) is 4.94 Å². The van der Waals surface area contributed by atoms with Gasteiger partial charge in [0, 0.05) is 17.4 Å².